The monoisotopic (exact) mass is 452 g/mol. The number of nitrogens with one attached hydrogen (secondary N) is 1. The lowest BCUT2D eigenvalue weighted by Gasteiger charge is -2.37. The molecule has 0 spiro atoms. The highest BCUT2D eigenvalue weighted by Crippen LogP contribution is 2.29. The van der Waals surface area contributed by atoms with E-state index in [9.17, 15) is 13.2 Å². The number of anilines is 1. The fourth-order valence-corrected chi connectivity index (χ4v) is 5.08. The van der Waals surface area contributed by atoms with E-state index in [1.807, 2.05) is 19.9 Å². The Hall–Kier alpha value is -2.20. The summed E-state index contributed by atoms with van der Waals surface area (Å²) >= 11 is 6.04. The van der Waals surface area contributed by atoms with E-state index in [2.05, 4.69) is 10.3 Å². The van der Waals surface area contributed by atoms with Gasteiger partial charge in [0, 0.05) is 31.6 Å². The minimum absolute atomic E-state index is 0.0483. The molecule has 3 N–H and O–H groups in total. The number of amides is 1. The first-order valence-corrected chi connectivity index (χ1v) is 11.4. The molecule has 1 aromatic heterocycles. The molecular weight excluding hydrogens is 428 g/mol. The van der Waals surface area contributed by atoms with Gasteiger partial charge in [-0.2, -0.15) is 4.31 Å². The van der Waals surface area contributed by atoms with E-state index < -0.39 is 21.8 Å². The van der Waals surface area contributed by atoms with Crippen molar-refractivity contribution in [1.29, 1.82) is 0 Å². The molecule has 1 fully saturated rings. The standard InChI is InChI=1S/C20H25ClN4O4S/c1-14(2)17-8-7-15(13-23-17)24-19(26)29-20(22)9-11-25(12-10-20)30(27,28)18-6-4-3-5-16(18)21/h3-8,13-14H,9-12,22H2,1-2H3,(H,24,26). The van der Waals surface area contributed by atoms with Crippen molar-refractivity contribution in [2.45, 2.75) is 43.2 Å². The molecule has 1 saturated heterocycles. The number of hydrogen-bond donors (Lipinski definition) is 2. The summed E-state index contributed by atoms with van der Waals surface area (Å²) in [5, 5.41) is 2.76. The van der Waals surface area contributed by atoms with Gasteiger partial charge in [-0.05, 0) is 30.2 Å². The quantitative estimate of drug-likeness (QED) is 0.670. The summed E-state index contributed by atoms with van der Waals surface area (Å²) in [6.45, 7) is 4.28. The van der Waals surface area contributed by atoms with Crippen molar-refractivity contribution in [3.05, 3.63) is 53.3 Å². The van der Waals surface area contributed by atoms with Crippen LogP contribution in [0.3, 0.4) is 0 Å². The van der Waals surface area contributed by atoms with E-state index in [1.165, 1.54) is 16.4 Å². The average molecular weight is 453 g/mol. The smallest absolute Gasteiger partial charge is 0.413 e. The van der Waals surface area contributed by atoms with E-state index in [0.717, 1.165) is 5.69 Å². The number of halogens is 1. The number of carbonyl (C=O) groups excluding carboxylic acids is 1. The molecule has 2 aromatic rings. The highest BCUT2D eigenvalue weighted by atomic mass is 35.5. The third kappa shape index (κ3) is 5.10. The summed E-state index contributed by atoms with van der Waals surface area (Å²) in [7, 11) is -3.75. The summed E-state index contributed by atoms with van der Waals surface area (Å²) in [4.78, 5) is 16.6. The zero-order valence-corrected chi connectivity index (χ0v) is 18.4. The number of nitrogens with zero attached hydrogens (tertiary/aromatic N) is 2. The average Bonchev–Trinajstić information content (AvgIpc) is 2.68. The van der Waals surface area contributed by atoms with Crippen LogP contribution < -0.4 is 11.1 Å². The van der Waals surface area contributed by atoms with Crippen LogP contribution in [0.5, 0.6) is 0 Å². The molecule has 1 aromatic carbocycles. The van der Waals surface area contributed by atoms with Gasteiger partial charge in [0.1, 0.15) is 4.90 Å². The number of piperidine rings is 1. The van der Waals surface area contributed by atoms with Crippen LogP contribution in [0.25, 0.3) is 0 Å². The van der Waals surface area contributed by atoms with Gasteiger partial charge in [-0.25, -0.2) is 13.2 Å². The van der Waals surface area contributed by atoms with Gasteiger partial charge in [-0.15, -0.1) is 0 Å². The number of aromatic nitrogens is 1. The van der Waals surface area contributed by atoms with E-state index in [1.54, 1.807) is 24.4 Å². The third-order valence-corrected chi connectivity index (χ3v) is 7.34. The molecule has 162 valence electrons. The third-order valence-electron chi connectivity index (χ3n) is 4.94. The van der Waals surface area contributed by atoms with Gasteiger partial charge < -0.3 is 4.74 Å². The second kappa shape index (κ2) is 8.89. The lowest BCUT2D eigenvalue weighted by atomic mass is 10.0. The van der Waals surface area contributed by atoms with Crippen molar-refractivity contribution in [1.82, 2.24) is 9.29 Å². The maximum atomic E-state index is 12.8. The fraction of sp³-hybridized carbons (Fsp3) is 0.400. The number of hydrogen-bond acceptors (Lipinski definition) is 6. The van der Waals surface area contributed by atoms with Gasteiger partial charge in [0.15, 0.2) is 5.72 Å². The molecule has 10 heteroatoms. The summed E-state index contributed by atoms with van der Waals surface area (Å²) in [6.07, 6.45) is 1.17. The largest absolute Gasteiger partial charge is 0.428 e. The van der Waals surface area contributed by atoms with Gasteiger partial charge in [-0.3, -0.25) is 16.0 Å². The fourth-order valence-electron chi connectivity index (χ4n) is 3.15. The minimum Gasteiger partial charge on any atom is -0.428 e. The van der Waals surface area contributed by atoms with Crippen LogP contribution in [-0.2, 0) is 14.8 Å². The molecule has 0 bridgehead atoms. The SMILES string of the molecule is CC(C)c1ccc(NC(=O)OC2(N)CCN(S(=O)(=O)c3ccccc3Cl)CC2)cn1. The Labute approximate surface area is 181 Å². The molecule has 0 atom stereocenters. The number of rotatable bonds is 5. The van der Waals surface area contributed by atoms with E-state index in [4.69, 9.17) is 22.1 Å². The maximum Gasteiger partial charge on any atom is 0.413 e. The molecule has 3 rings (SSSR count). The lowest BCUT2D eigenvalue weighted by Crippen LogP contribution is -2.54. The number of carbonyl (C=O) groups is 1. The summed E-state index contributed by atoms with van der Waals surface area (Å²) < 4.78 is 32.4. The molecule has 1 aliphatic rings. The summed E-state index contributed by atoms with van der Waals surface area (Å²) in [5.74, 6) is 0.283. The second-order valence-electron chi connectivity index (χ2n) is 7.54. The Bertz CT molecular complexity index is 1000. The number of ether oxygens (including phenoxy) is 1. The van der Waals surface area contributed by atoms with Crippen LogP contribution >= 0.6 is 11.6 Å². The van der Waals surface area contributed by atoms with Crippen LogP contribution in [0.15, 0.2) is 47.5 Å². The number of sulfonamides is 1. The highest BCUT2D eigenvalue weighted by molar-refractivity contribution is 7.89. The van der Waals surface area contributed by atoms with Gasteiger partial charge in [0.25, 0.3) is 0 Å². The molecule has 0 saturated carbocycles. The normalized spacial score (nSPS) is 17.0. The van der Waals surface area contributed by atoms with Gasteiger partial charge in [0.05, 0.1) is 16.9 Å². The van der Waals surface area contributed by atoms with E-state index in [-0.39, 0.29) is 41.8 Å². The topological polar surface area (TPSA) is 115 Å². The Morgan fingerprint density at radius 3 is 2.47 bits per heavy atom. The lowest BCUT2D eigenvalue weighted by molar-refractivity contribution is -0.0116. The van der Waals surface area contributed by atoms with Crippen LogP contribution in [0.4, 0.5) is 10.5 Å². The highest BCUT2D eigenvalue weighted by Gasteiger charge is 2.39. The zero-order valence-electron chi connectivity index (χ0n) is 16.8. The minimum atomic E-state index is -3.75. The summed E-state index contributed by atoms with van der Waals surface area (Å²) in [6, 6.07) is 9.85. The van der Waals surface area contributed by atoms with Crippen LogP contribution in [0, 0.1) is 0 Å². The van der Waals surface area contributed by atoms with E-state index in [0.29, 0.717) is 5.69 Å². The van der Waals surface area contributed by atoms with E-state index >= 15 is 0 Å². The zero-order chi connectivity index (χ0) is 21.9. The number of pyridine rings is 1. The van der Waals surface area contributed by atoms with Crippen LogP contribution in [0.1, 0.15) is 38.3 Å². The molecular formula is C20H25ClN4O4S. The molecule has 0 unspecified atom stereocenters. The molecule has 0 radical (unpaired) electrons. The van der Waals surface area contributed by atoms with Crippen LogP contribution in [-0.4, -0.2) is 42.6 Å². The van der Waals surface area contributed by atoms with Crippen molar-refractivity contribution >= 4 is 33.4 Å². The van der Waals surface area contributed by atoms with Gasteiger partial charge in [0.2, 0.25) is 10.0 Å². The van der Waals surface area contributed by atoms with Crippen molar-refractivity contribution in [2.75, 3.05) is 18.4 Å². The molecule has 2 heterocycles. The van der Waals surface area contributed by atoms with Crippen molar-refractivity contribution < 1.29 is 17.9 Å². The van der Waals surface area contributed by atoms with Crippen molar-refractivity contribution in [3.63, 3.8) is 0 Å². The Kier molecular flexibility index (Phi) is 6.66. The second-order valence-corrected chi connectivity index (χ2v) is 9.85. The van der Waals surface area contributed by atoms with Crippen molar-refractivity contribution in [2.24, 2.45) is 5.73 Å². The number of nitrogens with two attached hydrogens (primary N) is 1. The summed E-state index contributed by atoms with van der Waals surface area (Å²) in [5.41, 5.74) is 6.35. The van der Waals surface area contributed by atoms with Crippen LogP contribution in [0.2, 0.25) is 5.02 Å². The van der Waals surface area contributed by atoms with Gasteiger partial charge >= 0.3 is 6.09 Å². The van der Waals surface area contributed by atoms with Crippen molar-refractivity contribution in [3.8, 4) is 0 Å². The number of benzene rings is 1. The molecule has 1 amide bonds. The predicted octanol–water partition coefficient (Wildman–Crippen LogP) is 3.55. The maximum absolute atomic E-state index is 12.8. The van der Waals surface area contributed by atoms with Gasteiger partial charge in [-0.1, -0.05) is 37.6 Å². The Morgan fingerprint density at radius 1 is 1.23 bits per heavy atom. The first-order valence-electron chi connectivity index (χ1n) is 9.60. The molecule has 8 nitrogen and oxygen atoms in total. The molecule has 30 heavy (non-hydrogen) atoms. The Balaban J connectivity index is 1.59. The first-order chi connectivity index (χ1) is 14.1. The molecule has 1 aliphatic heterocycles. The first kappa shape index (κ1) is 22.5. The predicted molar refractivity (Wildman–Crippen MR) is 115 cm³/mol. The molecule has 0 aliphatic carbocycles. The Morgan fingerprint density at radius 2 is 1.90 bits per heavy atom.